The lowest BCUT2D eigenvalue weighted by molar-refractivity contribution is 0.0374. The number of hydrogen-bond donors (Lipinski definition) is 2. The summed E-state index contributed by atoms with van der Waals surface area (Å²) in [6.07, 6.45) is 2.91. The minimum atomic E-state index is -0.445. The first-order valence-corrected chi connectivity index (χ1v) is 9.71. The lowest BCUT2D eigenvalue weighted by atomic mass is 9.77. The van der Waals surface area contributed by atoms with E-state index in [1.807, 2.05) is 35.5 Å². The number of nitrogens with zero attached hydrogens (tertiary/aromatic N) is 4. The highest BCUT2D eigenvalue weighted by Crippen LogP contribution is 2.42. The molecule has 2 aliphatic rings. The first kappa shape index (κ1) is 17.2. The Labute approximate surface area is 162 Å². The van der Waals surface area contributed by atoms with Crippen LogP contribution in [-0.2, 0) is 0 Å². The third-order valence-corrected chi connectivity index (χ3v) is 6.22. The number of amides is 1. The number of carbonyl (C=O) groups is 1. The van der Waals surface area contributed by atoms with Gasteiger partial charge in [-0.1, -0.05) is 18.2 Å². The van der Waals surface area contributed by atoms with Gasteiger partial charge in [-0.15, -0.1) is 0 Å². The van der Waals surface area contributed by atoms with Crippen LogP contribution in [0.1, 0.15) is 29.4 Å². The van der Waals surface area contributed by atoms with Crippen LogP contribution in [0.2, 0.25) is 0 Å². The number of pyridine rings is 1. The van der Waals surface area contributed by atoms with E-state index in [0.29, 0.717) is 42.9 Å². The van der Waals surface area contributed by atoms with Crippen LogP contribution in [0, 0.1) is 11.8 Å². The average Bonchev–Trinajstić information content (AvgIpc) is 3.30. The van der Waals surface area contributed by atoms with Crippen LogP contribution in [0.5, 0.6) is 0 Å². The highest BCUT2D eigenvalue weighted by Gasteiger charge is 2.44. The summed E-state index contributed by atoms with van der Waals surface area (Å²) in [7, 11) is 0. The molecule has 0 bridgehead atoms. The predicted octanol–water partition coefficient (Wildman–Crippen LogP) is 2.10. The number of benzene rings is 1. The fraction of sp³-hybridized carbons (Fsp3) is 0.381. The fourth-order valence-corrected chi connectivity index (χ4v) is 4.85. The van der Waals surface area contributed by atoms with Crippen molar-refractivity contribution in [1.82, 2.24) is 19.4 Å². The van der Waals surface area contributed by atoms with Gasteiger partial charge in [-0.3, -0.25) is 4.79 Å². The molecule has 0 spiro atoms. The number of carbonyl (C=O) groups excluding carboxylic acids is 1. The van der Waals surface area contributed by atoms with Crippen molar-refractivity contribution in [2.45, 2.75) is 25.0 Å². The van der Waals surface area contributed by atoms with Gasteiger partial charge in [0.15, 0.2) is 0 Å². The van der Waals surface area contributed by atoms with Crippen LogP contribution < -0.4 is 5.73 Å². The highest BCUT2D eigenvalue weighted by atomic mass is 16.3. The number of anilines is 1. The quantitative estimate of drug-likeness (QED) is 0.713. The van der Waals surface area contributed by atoms with Crippen LogP contribution >= 0.6 is 0 Å². The SMILES string of the molecule is Nc1cccc(C(=O)N2C[C@H]3C[C@@H](n4cnc5ccccc54)[C@H](O)C[C@H]3C2)n1. The molecule has 3 N–H and O–H groups in total. The molecule has 3 aromatic rings. The zero-order chi connectivity index (χ0) is 19.3. The Morgan fingerprint density at radius 1 is 1.07 bits per heavy atom. The Morgan fingerprint density at radius 2 is 1.86 bits per heavy atom. The second-order valence-corrected chi connectivity index (χ2v) is 7.92. The second-order valence-electron chi connectivity index (χ2n) is 7.92. The Hall–Kier alpha value is -2.93. The molecule has 7 heteroatoms. The minimum Gasteiger partial charge on any atom is -0.391 e. The van der Waals surface area contributed by atoms with Crippen molar-refractivity contribution in [3.63, 3.8) is 0 Å². The number of aromatic nitrogens is 3. The molecular formula is C21H23N5O2. The van der Waals surface area contributed by atoms with Crippen LogP contribution in [0.4, 0.5) is 5.82 Å². The van der Waals surface area contributed by atoms with Gasteiger partial charge in [0.1, 0.15) is 11.5 Å². The molecule has 0 unspecified atom stereocenters. The largest absolute Gasteiger partial charge is 0.391 e. The molecule has 28 heavy (non-hydrogen) atoms. The summed E-state index contributed by atoms with van der Waals surface area (Å²) in [5.74, 6) is 0.941. The van der Waals surface area contributed by atoms with E-state index in [1.165, 1.54) is 0 Å². The molecular weight excluding hydrogens is 354 g/mol. The van der Waals surface area contributed by atoms with E-state index in [1.54, 1.807) is 18.2 Å². The lowest BCUT2D eigenvalue weighted by Crippen LogP contribution is -2.36. The lowest BCUT2D eigenvalue weighted by Gasteiger charge is -2.36. The van der Waals surface area contributed by atoms with Gasteiger partial charge in [-0.2, -0.15) is 0 Å². The molecule has 1 saturated heterocycles. The molecule has 1 amide bonds. The van der Waals surface area contributed by atoms with Crippen LogP contribution in [-0.4, -0.2) is 49.6 Å². The number of nitrogen functional groups attached to an aromatic ring is 1. The zero-order valence-corrected chi connectivity index (χ0v) is 15.5. The van der Waals surface area contributed by atoms with Crippen molar-refractivity contribution in [2.24, 2.45) is 11.8 Å². The number of likely N-dealkylation sites (tertiary alicyclic amines) is 1. The summed E-state index contributed by atoms with van der Waals surface area (Å²) in [5, 5.41) is 10.8. The zero-order valence-electron chi connectivity index (χ0n) is 15.5. The molecule has 1 aliphatic heterocycles. The molecule has 7 nitrogen and oxygen atoms in total. The third-order valence-electron chi connectivity index (χ3n) is 6.22. The van der Waals surface area contributed by atoms with Gasteiger partial charge < -0.3 is 20.3 Å². The van der Waals surface area contributed by atoms with Crippen molar-refractivity contribution >= 4 is 22.8 Å². The molecule has 3 heterocycles. The summed E-state index contributed by atoms with van der Waals surface area (Å²) in [6, 6.07) is 13.1. The standard InChI is InChI=1S/C21H23N5O2/c22-20-7-3-5-16(24-20)21(28)25-10-13-8-18(19(27)9-14(13)11-25)26-12-23-15-4-1-2-6-17(15)26/h1-7,12-14,18-19,27H,8-11H2,(H2,22,24)/t13-,14+,18-,19-/m1/s1. The van der Waals surface area contributed by atoms with E-state index in [0.717, 1.165) is 17.5 Å². The summed E-state index contributed by atoms with van der Waals surface area (Å²) in [6.45, 7) is 1.35. The van der Waals surface area contributed by atoms with Gasteiger partial charge in [0.2, 0.25) is 0 Å². The van der Waals surface area contributed by atoms with Gasteiger partial charge in [-0.25, -0.2) is 9.97 Å². The van der Waals surface area contributed by atoms with Crippen LogP contribution in [0.25, 0.3) is 11.0 Å². The maximum Gasteiger partial charge on any atom is 0.272 e. The fourth-order valence-electron chi connectivity index (χ4n) is 4.85. The number of fused-ring (bicyclic) bond motifs is 2. The Morgan fingerprint density at radius 3 is 2.68 bits per heavy atom. The van der Waals surface area contributed by atoms with Gasteiger partial charge in [-0.05, 0) is 48.9 Å². The number of aliphatic hydroxyl groups is 1. The summed E-state index contributed by atoms with van der Waals surface area (Å²) in [4.78, 5) is 23.3. The maximum atomic E-state index is 12.8. The molecule has 4 atom stereocenters. The van der Waals surface area contributed by atoms with Crippen molar-refractivity contribution in [2.75, 3.05) is 18.8 Å². The molecule has 1 saturated carbocycles. The van der Waals surface area contributed by atoms with E-state index >= 15 is 0 Å². The predicted molar refractivity (Wildman–Crippen MR) is 106 cm³/mol. The first-order chi connectivity index (χ1) is 13.6. The van der Waals surface area contributed by atoms with Gasteiger partial charge in [0.25, 0.3) is 5.91 Å². The van der Waals surface area contributed by atoms with Crippen LogP contribution in [0.3, 0.4) is 0 Å². The maximum absolute atomic E-state index is 12.8. The van der Waals surface area contributed by atoms with Crippen molar-refractivity contribution < 1.29 is 9.90 Å². The number of rotatable bonds is 2. The van der Waals surface area contributed by atoms with Crippen molar-refractivity contribution in [3.05, 3.63) is 54.5 Å². The Kier molecular flexibility index (Phi) is 4.05. The van der Waals surface area contributed by atoms with Crippen molar-refractivity contribution in [1.29, 1.82) is 0 Å². The molecule has 144 valence electrons. The van der Waals surface area contributed by atoms with Gasteiger partial charge in [0.05, 0.1) is 29.5 Å². The number of aliphatic hydroxyl groups excluding tert-OH is 1. The Balaban J connectivity index is 1.36. The number of para-hydroxylation sites is 2. The molecule has 2 aromatic heterocycles. The molecule has 1 aromatic carbocycles. The van der Waals surface area contributed by atoms with E-state index in [2.05, 4.69) is 14.5 Å². The Bertz CT molecular complexity index is 1030. The van der Waals surface area contributed by atoms with E-state index in [4.69, 9.17) is 5.73 Å². The molecule has 5 rings (SSSR count). The van der Waals surface area contributed by atoms with E-state index in [-0.39, 0.29) is 11.9 Å². The molecule has 2 fully saturated rings. The van der Waals surface area contributed by atoms with Gasteiger partial charge >= 0.3 is 0 Å². The number of nitrogens with two attached hydrogens (primary N) is 1. The smallest absolute Gasteiger partial charge is 0.272 e. The molecule has 1 aliphatic carbocycles. The summed E-state index contributed by atoms with van der Waals surface area (Å²) in [5.41, 5.74) is 8.09. The molecule has 0 radical (unpaired) electrons. The third kappa shape index (κ3) is 2.82. The van der Waals surface area contributed by atoms with Crippen LogP contribution in [0.15, 0.2) is 48.8 Å². The van der Waals surface area contributed by atoms with E-state index < -0.39 is 6.10 Å². The van der Waals surface area contributed by atoms with E-state index in [9.17, 15) is 9.90 Å². The summed E-state index contributed by atoms with van der Waals surface area (Å²) < 4.78 is 2.10. The average molecular weight is 377 g/mol. The topological polar surface area (TPSA) is 97.3 Å². The second kappa shape index (κ2) is 6.60. The van der Waals surface area contributed by atoms with Gasteiger partial charge in [0, 0.05) is 13.1 Å². The number of imidazole rings is 1. The number of hydrogen-bond acceptors (Lipinski definition) is 5. The summed E-state index contributed by atoms with van der Waals surface area (Å²) >= 11 is 0. The highest BCUT2D eigenvalue weighted by molar-refractivity contribution is 5.92. The normalized spacial score (nSPS) is 27.1. The van der Waals surface area contributed by atoms with Crippen molar-refractivity contribution in [3.8, 4) is 0 Å². The monoisotopic (exact) mass is 377 g/mol. The first-order valence-electron chi connectivity index (χ1n) is 9.71. The minimum absolute atomic E-state index is 0.0193.